The van der Waals surface area contributed by atoms with Crippen LogP contribution in [-0.2, 0) is 17.8 Å². The van der Waals surface area contributed by atoms with Crippen LogP contribution in [0.2, 0.25) is 0 Å². The van der Waals surface area contributed by atoms with Gasteiger partial charge in [0.15, 0.2) is 0 Å². The highest BCUT2D eigenvalue weighted by Gasteiger charge is 2.12. The van der Waals surface area contributed by atoms with Crippen LogP contribution in [0.4, 0.5) is 0 Å². The van der Waals surface area contributed by atoms with Gasteiger partial charge in [-0.15, -0.1) is 0 Å². The lowest BCUT2D eigenvalue weighted by Crippen LogP contribution is -2.36. The molecule has 1 amide bonds. The van der Waals surface area contributed by atoms with Gasteiger partial charge in [0.05, 0.1) is 11.7 Å². The van der Waals surface area contributed by atoms with E-state index in [0.717, 1.165) is 28.6 Å². The van der Waals surface area contributed by atoms with Gasteiger partial charge in [0, 0.05) is 29.7 Å². The molecule has 23 heavy (non-hydrogen) atoms. The van der Waals surface area contributed by atoms with Crippen LogP contribution in [0.25, 0.3) is 10.9 Å². The van der Waals surface area contributed by atoms with Gasteiger partial charge < -0.3 is 5.32 Å². The normalized spacial score (nSPS) is 12.3. The number of amides is 1. The fourth-order valence-electron chi connectivity index (χ4n) is 2.68. The molecule has 5 nitrogen and oxygen atoms in total. The molecule has 0 saturated heterocycles. The standard InChI is InChI=1S/C18H20N4O/c1-13-6-5-9-19-16(13)10-14(2)21-18(23)12-22-17-8-4-3-7-15(17)11-20-22/h3-9,11,14H,10,12H2,1-2H3,(H,21,23). The highest BCUT2D eigenvalue weighted by molar-refractivity contribution is 5.82. The van der Waals surface area contributed by atoms with E-state index in [2.05, 4.69) is 15.4 Å². The van der Waals surface area contributed by atoms with E-state index in [4.69, 9.17) is 0 Å². The second-order valence-corrected chi connectivity index (χ2v) is 5.80. The van der Waals surface area contributed by atoms with Crippen molar-refractivity contribution in [3.8, 4) is 0 Å². The first kappa shape index (κ1) is 15.2. The molecule has 0 aliphatic rings. The summed E-state index contributed by atoms with van der Waals surface area (Å²) in [5.74, 6) is -0.0417. The molecule has 0 aliphatic carbocycles. The average Bonchev–Trinajstić information content (AvgIpc) is 2.93. The number of benzene rings is 1. The van der Waals surface area contributed by atoms with Gasteiger partial charge in [0.2, 0.25) is 5.91 Å². The number of hydrogen-bond donors (Lipinski definition) is 1. The van der Waals surface area contributed by atoms with Crippen LogP contribution in [0.1, 0.15) is 18.2 Å². The van der Waals surface area contributed by atoms with Crippen LogP contribution in [0.5, 0.6) is 0 Å². The summed E-state index contributed by atoms with van der Waals surface area (Å²) in [5.41, 5.74) is 3.13. The Morgan fingerprint density at radius 2 is 2.09 bits per heavy atom. The number of rotatable bonds is 5. The predicted molar refractivity (Wildman–Crippen MR) is 90.0 cm³/mol. The number of aromatic nitrogens is 3. The molecule has 0 bridgehead atoms. The van der Waals surface area contributed by atoms with E-state index in [0.29, 0.717) is 0 Å². The van der Waals surface area contributed by atoms with Crippen LogP contribution >= 0.6 is 0 Å². The van der Waals surface area contributed by atoms with Gasteiger partial charge in [-0.3, -0.25) is 14.5 Å². The van der Waals surface area contributed by atoms with Crippen LogP contribution in [-0.4, -0.2) is 26.7 Å². The van der Waals surface area contributed by atoms with Gasteiger partial charge in [-0.1, -0.05) is 24.3 Å². The maximum absolute atomic E-state index is 12.2. The lowest BCUT2D eigenvalue weighted by Gasteiger charge is -2.15. The Kier molecular flexibility index (Phi) is 4.37. The number of carbonyl (C=O) groups is 1. The molecular formula is C18H20N4O. The molecule has 1 unspecified atom stereocenters. The van der Waals surface area contributed by atoms with E-state index in [1.165, 1.54) is 0 Å². The molecule has 0 aliphatic heterocycles. The van der Waals surface area contributed by atoms with E-state index in [9.17, 15) is 4.79 Å². The molecule has 2 heterocycles. The molecule has 3 rings (SSSR count). The molecular weight excluding hydrogens is 288 g/mol. The molecule has 0 saturated carbocycles. The van der Waals surface area contributed by atoms with Gasteiger partial charge >= 0.3 is 0 Å². The van der Waals surface area contributed by atoms with Crippen molar-refractivity contribution in [1.29, 1.82) is 0 Å². The lowest BCUT2D eigenvalue weighted by molar-refractivity contribution is -0.122. The number of hydrogen-bond acceptors (Lipinski definition) is 3. The van der Waals surface area contributed by atoms with Crippen LogP contribution in [0.15, 0.2) is 48.8 Å². The molecule has 0 fully saturated rings. The first-order chi connectivity index (χ1) is 11.1. The molecule has 0 radical (unpaired) electrons. The van der Waals surface area contributed by atoms with Crippen LogP contribution in [0.3, 0.4) is 0 Å². The predicted octanol–water partition coefficient (Wildman–Crippen LogP) is 2.49. The van der Waals surface area contributed by atoms with Gasteiger partial charge in [0.1, 0.15) is 6.54 Å². The van der Waals surface area contributed by atoms with E-state index in [1.807, 2.05) is 50.2 Å². The van der Waals surface area contributed by atoms with Crippen molar-refractivity contribution in [2.24, 2.45) is 0 Å². The van der Waals surface area contributed by atoms with Gasteiger partial charge in [0.25, 0.3) is 0 Å². The van der Waals surface area contributed by atoms with Crippen LogP contribution < -0.4 is 5.32 Å². The topological polar surface area (TPSA) is 59.8 Å². The third-order valence-corrected chi connectivity index (χ3v) is 3.87. The number of carbonyl (C=O) groups excluding carboxylic acids is 1. The largest absolute Gasteiger partial charge is 0.352 e. The minimum Gasteiger partial charge on any atom is -0.352 e. The summed E-state index contributed by atoms with van der Waals surface area (Å²) >= 11 is 0. The van der Waals surface area contributed by atoms with Crippen molar-refractivity contribution in [2.75, 3.05) is 0 Å². The van der Waals surface area contributed by atoms with E-state index < -0.39 is 0 Å². The SMILES string of the molecule is Cc1cccnc1CC(C)NC(=O)Cn1ncc2ccccc21. The molecule has 0 spiro atoms. The van der Waals surface area contributed by atoms with E-state index in [-0.39, 0.29) is 18.5 Å². The molecule has 1 aromatic carbocycles. The summed E-state index contributed by atoms with van der Waals surface area (Å²) in [5, 5.41) is 8.34. The van der Waals surface area contributed by atoms with Gasteiger partial charge in [-0.2, -0.15) is 5.10 Å². The zero-order valence-electron chi connectivity index (χ0n) is 13.4. The molecule has 1 atom stereocenters. The van der Waals surface area contributed by atoms with Crippen LogP contribution in [0, 0.1) is 6.92 Å². The van der Waals surface area contributed by atoms with Crippen molar-refractivity contribution >= 4 is 16.8 Å². The summed E-state index contributed by atoms with van der Waals surface area (Å²) in [6, 6.07) is 11.9. The number of fused-ring (bicyclic) bond motifs is 1. The minimum atomic E-state index is -0.0417. The highest BCUT2D eigenvalue weighted by atomic mass is 16.2. The third kappa shape index (κ3) is 3.56. The Hall–Kier alpha value is -2.69. The maximum atomic E-state index is 12.2. The first-order valence-corrected chi connectivity index (χ1v) is 7.74. The molecule has 3 aromatic rings. The third-order valence-electron chi connectivity index (χ3n) is 3.87. The zero-order valence-corrected chi connectivity index (χ0v) is 13.4. The van der Waals surface area contributed by atoms with Gasteiger partial charge in [-0.05, 0) is 31.5 Å². The summed E-state index contributed by atoms with van der Waals surface area (Å²) in [6.07, 6.45) is 4.29. The van der Waals surface area contributed by atoms with Crippen molar-refractivity contribution < 1.29 is 4.79 Å². The summed E-state index contributed by atoms with van der Waals surface area (Å²) in [4.78, 5) is 16.6. The summed E-state index contributed by atoms with van der Waals surface area (Å²) in [6.45, 7) is 4.25. The fraction of sp³-hybridized carbons (Fsp3) is 0.278. The van der Waals surface area contributed by atoms with Crippen molar-refractivity contribution in [3.63, 3.8) is 0 Å². The summed E-state index contributed by atoms with van der Waals surface area (Å²) in [7, 11) is 0. The smallest absolute Gasteiger partial charge is 0.241 e. The molecule has 5 heteroatoms. The monoisotopic (exact) mass is 308 g/mol. The number of para-hydroxylation sites is 1. The van der Waals surface area contributed by atoms with Gasteiger partial charge in [-0.25, -0.2) is 0 Å². The molecule has 118 valence electrons. The van der Waals surface area contributed by atoms with Crippen molar-refractivity contribution in [2.45, 2.75) is 32.9 Å². The lowest BCUT2D eigenvalue weighted by atomic mass is 10.1. The second kappa shape index (κ2) is 6.60. The Morgan fingerprint density at radius 3 is 2.91 bits per heavy atom. The average molecular weight is 308 g/mol. The Morgan fingerprint density at radius 1 is 1.26 bits per heavy atom. The first-order valence-electron chi connectivity index (χ1n) is 7.74. The fourth-order valence-corrected chi connectivity index (χ4v) is 2.68. The van der Waals surface area contributed by atoms with E-state index >= 15 is 0 Å². The Bertz CT molecular complexity index is 825. The van der Waals surface area contributed by atoms with Crippen molar-refractivity contribution in [3.05, 3.63) is 60.0 Å². The second-order valence-electron chi connectivity index (χ2n) is 5.80. The van der Waals surface area contributed by atoms with Crippen molar-refractivity contribution in [1.82, 2.24) is 20.1 Å². The highest BCUT2D eigenvalue weighted by Crippen LogP contribution is 2.12. The number of nitrogens with one attached hydrogen (secondary N) is 1. The Balaban J connectivity index is 1.62. The zero-order chi connectivity index (χ0) is 16.2. The number of nitrogens with zero attached hydrogens (tertiary/aromatic N) is 3. The molecule has 2 aromatic heterocycles. The molecule has 1 N–H and O–H groups in total. The van der Waals surface area contributed by atoms with E-state index in [1.54, 1.807) is 17.1 Å². The summed E-state index contributed by atoms with van der Waals surface area (Å²) < 4.78 is 1.73. The number of aryl methyl sites for hydroxylation is 1. The quantitative estimate of drug-likeness (QED) is 0.788. The maximum Gasteiger partial charge on any atom is 0.241 e. The minimum absolute atomic E-state index is 0.0259. The Labute approximate surface area is 135 Å². The number of pyridine rings is 1.